The molecule has 106 valence electrons. The molecule has 0 N–H and O–H groups in total. The summed E-state index contributed by atoms with van der Waals surface area (Å²) in [5.41, 5.74) is 1.84. The Hall–Kier alpha value is -1.61. The maximum Gasteiger partial charge on any atom is 0.223 e. The summed E-state index contributed by atoms with van der Waals surface area (Å²) < 4.78 is 18.7. The summed E-state index contributed by atoms with van der Waals surface area (Å²) in [6.07, 6.45) is 1.12. The minimum absolute atomic E-state index is 0.0912. The first kappa shape index (κ1) is 14.8. The van der Waals surface area contributed by atoms with E-state index < -0.39 is 5.82 Å². The third-order valence-electron chi connectivity index (χ3n) is 2.97. The summed E-state index contributed by atoms with van der Waals surface area (Å²) in [6, 6.07) is 9.12. The van der Waals surface area contributed by atoms with Crippen LogP contribution in [-0.4, -0.2) is 4.98 Å². The first-order valence-electron chi connectivity index (χ1n) is 6.39. The van der Waals surface area contributed by atoms with Gasteiger partial charge in [0.2, 0.25) is 5.88 Å². The number of hydrogen-bond acceptors (Lipinski definition) is 2. The first-order chi connectivity index (χ1) is 9.40. The lowest BCUT2D eigenvalue weighted by Gasteiger charge is -2.19. The number of alkyl halides is 1. The zero-order valence-corrected chi connectivity index (χ0v) is 12.5. The molecule has 0 aliphatic rings. The van der Waals surface area contributed by atoms with Crippen LogP contribution >= 0.6 is 11.6 Å². The molecule has 0 radical (unpaired) electrons. The Morgan fingerprint density at radius 1 is 1.20 bits per heavy atom. The van der Waals surface area contributed by atoms with Crippen molar-refractivity contribution >= 4 is 11.6 Å². The number of benzene rings is 1. The average molecular weight is 294 g/mol. The lowest BCUT2D eigenvalue weighted by atomic mass is 9.87. The van der Waals surface area contributed by atoms with Gasteiger partial charge in [-0.15, -0.1) is 11.6 Å². The van der Waals surface area contributed by atoms with Crippen molar-refractivity contribution < 1.29 is 9.13 Å². The smallest absolute Gasteiger partial charge is 0.223 e. The van der Waals surface area contributed by atoms with Crippen LogP contribution < -0.4 is 4.74 Å². The number of nitrogens with zero attached hydrogens (tertiary/aromatic N) is 1. The number of rotatable bonds is 3. The van der Waals surface area contributed by atoms with Crippen molar-refractivity contribution in [3.05, 3.63) is 53.5 Å². The van der Waals surface area contributed by atoms with E-state index in [1.54, 1.807) is 0 Å². The van der Waals surface area contributed by atoms with Gasteiger partial charge in [-0.05, 0) is 29.2 Å². The molecule has 4 heteroatoms. The van der Waals surface area contributed by atoms with Crippen molar-refractivity contribution in [3.8, 4) is 11.6 Å². The number of halogens is 2. The van der Waals surface area contributed by atoms with Crippen LogP contribution in [0, 0.1) is 5.82 Å². The summed E-state index contributed by atoms with van der Waals surface area (Å²) in [5, 5.41) is 0. The van der Waals surface area contributed by atoms with E-state index in [1.165, 1.54) is 11.6 Å². The number of hydrogen-bond donors (Lipinski definition) is 0. The molecule has 0 aliphatic carbocycles. The van der Waals surface area contributed by atoms with Gasteiger partial charge in [0.1, 0.15) is 11.6 Å². The molecular formula is C16H17ClFNO. The monoisotopic (exact) mass is 293 g/mol. The molecule has 1 heterocycles. The largest absolute Gasteiger partial charge is 0.439 e. The van der Waals surface area contributed by atoms with E-state index in [9.17, 15) is 4.39 Å². The number of aromatic nitrogens is 1. The Morgan fingerprint density at radius 3 is 2.40 bits per heavy atom. The summed E-state index contributed by atoms with van der Waals surface area (Å²) in [7, 11) is 0. The Kier molecular flexibility index (Phi) is 4.29. The highest BCUT2D eigenvalue weighted by molar-refractivity contribution is 6.17. The van der Waals surface area contributed by atoms with E-state index >= 15 is 0 Å². The lowest BCUT2D eigenvalue weighted by Crippen LogP contribution is -2.10. The zero-order chi connectivity index (χ0) is 14.8. The SMILES string of the molecule is CC(C)(C)c1ccc(Oc2ncc(F)cc2CCl)cc1. The minimum Gasteiger partial charge on any atom is -0.439 e. The van der Waals surface area contributed by atoms with Crippen LogP contribution in [0.3, 0.4) is 0 Å². The molecule has 0 saturated carbocycles. The van der Waals surface area contributed by atoms with Gasteiger partial charge in [0.05, 0.1) is 12.1 Å². The van der Waals surface area contributed by atoms with Gasteiger partial charge in [-0.2, -0.15) is 0 Å². The third-order valence-corrected chi connectivity index (χ3v) is 3.26. The standard InChI is InChI=1S/C16H17ClFNO/c1-16(2,3)12-4-6-14(7-5-12)20-15-11(9-17)8-13(18)10-19-15/h4-8,10H,9H2,1-3H3. The summed E-state index contributed by atoms with van der Waals surface area (Å²) in [5.74, 6) is 0.727. The highest BCUT2D eigenvalue weighted by Gasteiger charge is 2.13. The van der Waals surface area contributed by atoms with Crippen LogP contribution in [0.5, 0.6) is 11.6 Å². The van der Waals surface area contributed by atoms with E-state index in [0.29, 0.717) is 17.2 Å². The Balaban J connectivity index is 2.22. The van der Waals surface area contributed by atoms with Crippen LogP contribution in [0.15, 0.2) is 36.5 Å². The first-order valence-corrected chi connectivity index (χ1v) is 6.92. The van der Waals surface area contributed by atoms with Gasteiger partial charge in [0, 0.05) is 5.56 Å². The highest BCUT2D eigenvalue weighted by atomic mass is 35.5. The predicted octanol–water partition coefficient (Wildman–Crippen LogP) is 5.05. The molecule has 2 nitrogen and oxygen atoms in total. The highest BCUT2D eigenvalue weighted by Crippen LogP contribution is 2.28. The molecule has 0 amide bonds. The quantitative estimate of drug-likeness (QED) is 0.739. The third kappa shape index (κ3) is 3.48. The molecule has 0 fully saturated rings. The molecule has 0 aliphatic heterocycles. The second-order valence-corrected chi connectivity index (χ2v) is 5.90. The van der Waals surface area contributed by atoms with Crippen LogP contribution in [0.2, 0.25) is 0 Å². The Labute approximate surface area is 123 Å². The van der Waals surface area contributed by atoms with Crippen LogP contribution in [0.1, 0.15) is 31.9 Å². The fourth-order valence-electron chi connectivity index (χ4n) is 1.79. The van der Waals surface area contributed by atoms with Gasteiger partial charge in [0.15, 0.2) is 0 Å². The molecule has 1 aromatic heterocycles. The van der Waals surface area contributed by atoms with Crippen LogP contribution in [-0.2, 0) is 11.3 Å². The average Bonchev–Trinajstić information content (AvgIpc) is 2.40. The minimum atomic E-state index is -0.420. The van der Waals surface area contributed by atoms with Gasteiger partial charge in [-0.3, -0.25) is 0 Å². The normalized spacial score (nSPS) is 11.4. The molecule has 20 heavy (non-hydrogen) atoms. The van der Waals surface area contributed by atoms with E-state index in [0.717, 1.165) is 6.20 Å². The maximum atomic E-state index is 13.1. The van der Waals surface area contributed by atoms with Crippen molar-refractivity contribution in [3.63, 3.8) is 0 Å². The molecular weight excluding hydrogens is 277 g/mol. The molecule has 0 saturated heterocycles. The maximum absolute atomic E-state index is 13.1. The summed E-state index contributed by atoms with van der Waals surface area (Å²) in [4.78, 5) is 3.93. The van der Waals surface area contributed by atoms with Gasteiger partial charge >= 0.3 is 0 Å². The van der Waals surface area contributed by atoms with Crippen molar-refractivity contribution in [1.29, 1.82) is 0 Å². The van der Waals surface area contributed by atoms with Crippen LogP contribution in [0.25, 0.3) is 0 Å². The second-order valence-electron chi connectivity index (χ2n) is 5.63. The molecule has 2 aromatic rings. The summed E-state index contributed by atoms with van der Waals surface area (Å²) in [6.45, 7) is 6.45. The fraction of sp³-hybridized carbons (Fsp3) is 0.312. The number of pyridine rings is 1. The van der Waals surface area contributed by atoms with Crippen molar-refractivity contribution in [2.45, 2.75) is 32.1 Å². The molecule has 0 atom stereocenters. The van der Waals surface area contributed by atoms with Crippen molar-refractivity contribution in [2.75, 3.05) is 0 Å². The molecule has 2 rings (SSSR count). The number of ether oxygens (including phenoxy) is 1. The van der Waals surface area contributed by atoms with Gasteiger partial charge in [0.25, 0.3) is 0 Å². The van der Waals surface area contributed by atoms with Crippen LogP contribution in [0.4, 0.5) is 4.39 Å². The lowest BCUT2D eigenvalue weighted by molar-refractivity contribution is 0.453. The predicted molar refractivity (Wildman–Crippen MR) is 79.0 cm³/mol. The fourth-order valence-corrected chi connectivity index (χ4v) is 1.98. The summed E-state index contributed by atoms with van der Waals surface area (Å²) >= 11 is 5.77. The second kappa shape index (κ2) is 5.80. The van der Waals surface area contributed by atoms with E-state index in [-0.39, 0.29) is 11.3 Å². The van der Waals surface area contributed by atoms with Gasteiger partial charge in [-0.1, -0.05) is 32.9 Å². The van der Waals surface area contributed by atoms with Crippen molar-refractivity contribution in [1.82, 2.24) is 4.98 Å². The Morgan fingerprint density at radius 2 is 1.85 bits per heavy atom. The molecule has 0 unspecified atom stereocenters. The van der Waals surface area contributed by atoms with Crippen molar-refractivity contribution in [2.24, 2.45) is 0 Å². The van der Waals surface area contributed by atoms with E-state index in [4.69, 9.17) is 16.3 Å². The van der Waals surface area contributed by atoms with E-state index in [2.05, 4.69) is 25.8 Å². The Bertz CT molecular complexity index is 590. The molecule has 1 aromatic carbocycles. The molecule has 0 spiro atoms. The van der Waals surface area contributed by atoms with Gasteiger partial charge < -0.3 is 4.74 Å². The zero-order valence-electron chi connectivity index (χ0n) is 11.8. The van der Waals surface area contributed by atoms with Gasteiger partial charge in [-0.25, -0.2) is 9.37 Å². The topological polar surface area (TPSA) is 22.1 Å². The molecule has 0 bridgehead atoms. The van der Waals surface area contributed by atoms with E-state index in [1.807, 2.05) is 24.3 Å².